The van der Waals surface area contributed by atoms with Crippen LogP contribution < -0.4 is 4.74 Å². The first-order chi connectivity index (χ1) is 12.4. The zero-order chi connectivity index (χ0) is 18.8. The van der Waals surface area contributed by atoms with Gasteiger partial charge in [-0.15, -0.1) is 0 Å². The minimum Gasteiger partial charge on any atom is -0.506 e. The Morgan fingerprint density at radius 2 is 2.00 bits per heavy atom. The van der Waals surface area contributed by atoms with E-state index in [1.54, 1.807) is 6.07 Å². The van der Waals surface area contributed by atoms with Gasteiger partial charge in [0.15, 0.2) is 11.6 Å². The molecular weight excluding hydrogens is 484 g/mol. The second kappa shape index (κ2) is 7.73. The fourth-order valence-corrected chi connectivity index (χ4v) is 3.96. The summed E-state index contributed by atoms with van der Waals surface area (Å²) in [4.78, 5) is 0. The number of phenolic OH excluding ortho intramolecular Hbond substituents is 1. The Morgan fingerprint density at radius 1 is 1.31 bits per heavy atom. The number of aromatic nitrogens is 3. The number of phenols is 1. The summed E-state index contributed by atoms with van der Waals surface area (Å²) in [6, 6.07) is 9.58. The summed E-state index contributed by atoms with van der Waals surface area (Å²) in [5.41, 5.74) is 2.51. The van der Waals surface area contributed by atoms with Crippen molar-refractivity contribution >= 4 is 50.3 Å². The molecule has 0 saturated heterocycles. The molecule has 0 bridgehead atoms. The molecule has 6 nitrogen and oxygen atoms in total. The van der Waals surface area contributed by atoms with E-state index in [2.05, 4.69) is 47.2 Å². The second-order valence-corrected chi connectivity index (χ2v) is 7.45. The zero-order valence-electron chi connectivity index (χ0n) is 13.8. The number of hydrogen-bond acceptors (Lipinski definition) is 5. The number of ether oxygens (including phenoxy) is 1. The Hall–Kier alpha value is -1.97. The minimum atomic E-state index is 0.0145. The smallest absolute Gasteiger partial charge is 0.216 e. The molecular formula is C17H14Br2N4O2S. The van der Waals surface area contributed by atoms with Crippen LogP contribution in [0.25, 0.3) is 11.4 Å². The number of halogens is 2. The Morgan fingerprint density at radius 3 is 2.65 bits per heavy atom. The molecule has 2 aromatic carbocycles. The van der Waals surface area contributed by atoms with Crippen LogP contribution in [0.1, 0.15) is 11.1 Å². The van der Waals surface area contributed by atoms with Crippen molar-refractivity contribution in [1.82, 2.24) is 14.9 Å². The number of nitrogens with zero attached hydrogens (tertiary/aromatic N) is 3. The van der Waals surface area contributed by atoms with E-state index in [-0.39, 0.29) is 5.75 Å². The number of benzene rings is 2. The summed E-state index contributed by atoms with van der Waals surface area (Å²) in [6.07, 6.45) is 1.51. The predicted octanol–water partition coefficient (Wildman–Crippen LogP) is 5.04. The van der Waals surface area contributed by atoms with Crippen molar-refractivity contribution in [2.24, 2.45) is 5.10 Å². The molecule has 1 aromatic heterocycles. The Balaban J connectivity index is 2.04. The Kier molecular flexibility index (Phi) is 5.59. The number of rotatable bonds is 4. The maximum atomic E-state index is 10.4. The van der Waals surface area contributed by atoms with Crippen LogP contribution in [-0.2, 0) is 0 Å². The Bertz CT molecular complexity index is 1040. The zero-order valence-corrected chi connectivity index (χ0v) is 17.8. The van der Waals surface area contributed by atoms with Crippen molar-refractivity contribution in [1.29, 1.82) is 0 Å². The average molecular weight is 498 g/mol. The third-order valence-corrected chi connectivity index (χ3v) is 5.25. The van der Waals surface area contributed by atoms with Crippen LogP contribution in [0.3, 0.4) is 0 Å². The van der Waals surface area contributed by atoms with E-state index in [1.807, 2.05) is 31.2 Å². The van der Waals surface area contributed by atoms with Crippen LogP contribution in [0.2, 0.25) is 0 Å². The molecule has 0 spiro atoms. The topological polar surface area (TPSA) is 75.4 Å². The van der Waals surface area contributed by atoms with Gasteiger partial charge in [0.1, 0.15) is 10.2 Å². The van der Waals surface area contributed by atoms with Crippen molar-refractivity contribution < 1.29 is 9.84 Å². The molecule has 0 atom stereocenters. The summed E-state index contributed by atoms with van der Waals surface area (Å²) >= 11 is 12.0. The first-order valence-corrected chi connectivity index (χ1v) is 9.45. The fraction of sp³-hybridized carbons (Fsp3) is 0.118. The minimum absolute atomic E-state index is 0.0145. The maximum Gasteiger partial charge on any atom is 0.216 e. The van der Waals surface area contributed by atoms with E-state index in [0.29, 0.717) is 30.9 Å². The van der Waals surface area contributed by atoms with Crippen LogP contribution in [0.5, 0.6) is 11.5 Å². The molecule has 3 aromatic rings. The van der Waals surface area contributed by atoms with E-state index in [1.165, 1.54) is 18.0 Å². The molecule has 0 amide bonds. The van der Waals surface area contributed by atoms with Crippen molar-refractivity contribution in [3.8, 4) is 22.9 Å². The van der Waals surface area contributed by atoms with E-state index in [4.69, 9.17) is 17.0 Å². The third kappa shape index (κ3) is 3.60. The van der Waals surface area contributed by atoms with Gasteiger partial charge in [-0.2, -0.15) is 14.9 Å². The molecule has 134 valence electrons. The van der Waals surface area contributed by atoms with Gasteiger partial charge < -0.3 is 9.84 Å². The lowest BCUT2D eigenvalue weighted by Crippen LogP contribution is -1.96. The second-order valence-electron chi connectivity index (χ2n) is 5.42. The fourth-order valence-electron chi connectivity index (χ4n) is 2.30. The van der Waals surface area contributed by atoms with E-state index >= 15 is 0 Å². The molecule has 0 unspecified atom stereocenters. The van der Waals surface area contributed by atoms with Gasteiger partial charge in [0.2, 0.25) is 4.77 Å². The van der Waals surface area contributed by atoms with E-state index < -0.39 is 0 Å². The summed E-state index contributed by atoms with van der Waals surface area (Å²) in [7, 11) is 1.52. The van der Waals surface area contributed by atoms with Crippen molar-refractivity contribution in [3.05, 3.63) is 55.2 Å². The number of hydrogen-bond donors (Lipinski definition) is 2. The van der Waals surface area contributed by atoms with Crippen molar-refractivity contribution in [2.75, 3.05) is 7.11 Å². The van der Waals surface area contributed by atoms with Crippen LogP contribution in [-0.4, -0.2) is 33.3 Å². The predicted molar refractivity (Wildman–Crippen MR) is 111 cm³/mol. The van der Waals surface area contributed by atoms with Gasteiger partial charge in [-0.25, -0.2) is 5.10 Å². The van der Waals surface area contributed by atoms with Gasteiger partial charge in [-0.1, -0.05) is 29.8 Å². The molecule has 0 aliphatic carbocycles. The van der Waals surface area contributed by atoms with E-state index in [9.17, 15) is 5.11 Å². The highest BCUT2D eigenvalue weighted by molar-refractivity contribution is 9.11. The lowest BCUT2D eigenvalue weighted by atomic mass is 10.1. The highest BCUT2D eigenvalue weighted by atomic mass is 79.9. The molecule has 9 heteroatoms. The number of methoxy groups -OCH3 is 1. The number of nitrogens with one attached hydrogen (secondary N) is 1. The SMILES string of the molecule is COc1c(Br)cc(/C=N/n2c(-c3ccc(C)cc3)n[nH]c2=S)c(O)c1Br. The summed E-state index contributed by atoms with van der Waals surface area (Å²) in [5.74, 6) is 1.10. The molecule has 0 fully saturated rings. The summed E-state index contributed by atoms with van der Waals surface area (Å²) in [6.45, 7) is 2.02. The molecule has 0 aliphatic heterocycles. The van der Waals surface area contributed by atoms with Crippen LogP contribution >= 0.6 is 44.1 Å². The van der Waals surface area contributed by atoms with Gasteiger partial charge >= 0.3 is 0 Å². The first kappa shape index (κ1) is 18.8. The molecule has 1 heterocycles. The van der Waals surface area contributed by atoms with Gasteiger partial charge in [0.25, 0.3) is 0 Å². The largest absolute Gasteiger partial charge is 0.506 e. The van der Waals surface area contributed by atoms with Gasteiger partial charge in [-0.05, 0) is 57.1 Å². The van der Waals surface area contributed by atoms with Gasteiger partial charge in [0, 0.05) is 11.1 Å². The summed E-state index contributed by atoms with van der Waals surface area (Å²) < 4.78 is 8.20. The van der Waals surface area contributed by atoms with Gasteiger partial charge in [-0.3, -0.25) is 0 Å². The highest BCUT2D eigenvalue weighted by Gasteiger charge is 2.15. The first-order valence-electron chi connectivity index (χ1n) is 7.46. The van der Waals surface area contributed by atoms with Gasteiger partial charge in [0.05, 0.1) is 17.8 Å². The summed E-state index contributed by atoms with van der Waals surface area (Å²) in [5, 5.41) is 21.7. The molecule has 2 N–H and O–H groups in total. The van der Waals surface area contributed by atoms with Crippen LogP contribution in [0.15, 0.2) is 44.4 Å². The van der Waals surface area contributed by atoms with Crippen LogP contribution in [0.4, 0.5) is 0 Å². The highest BCUT2D eigenvalue weighted by Crippen LogP contribution is 2.41. The van der Waals surface area contributed by atoms with Crippen LogP contribution in [0, 0.1) is 11.7 Å². The number of aromatic amines is 1. The normalized spacial score (nSPS) is 11.2. The monoisotopic (exact) mass is 496 g/mol. The molecule has 3 rings (SSSR count). The van der Waals surface area contributed by atoms with E-state index in [0.717, 1.165) is 11.1 Å². The Labute approximate surface area is 171 Å². The number of aromatic hydroxyl groups is 1. The standard InChI is InChI=1S/C17H14Br2N4O2S/c1-9-3-5-10(6-4-9)16-21-22-17(26)23(16)20-8-11-7-12(18)15(25-2)13(19)14(11)24/h3-8,24H,1-2H3,(H,22,26)/b20-8+. The number of H-pyrrole nitrogens is 1. The maximum absolute atomic E-state index is 10.4. The van der Waals surface area contributed by atoms with Crippen molar-refractivity contribution in [2.45, 2.75) is 6.92 Å². The lowest BCUT2D eigenvalue weighted by Gasteiger charge is -2.10. The quantitative estimate of drug-likeness (QED) is 0.391. The third-order valence-electron chi connectivity index (χ3n) is 3.66. The number of aryl methyl sites for hydroxylation is 1. The lowest BCUT2D eigenvalue weighted by molar-refractivity contribution is 0.400. The molecule has 26 heavy (non-hydrogen) atoms. The molecule has 0 saturated carbocycles. The molecule has 0 radical (unpaired) electrons. The molecule has 0 aliphatic rings. The van der Waals surface area contributed by atoms with Crippen molar-refractivity contribution in [3.63, 3.8) is 0 Å². The average Bonchev–Trinajstić information content (AvgIpc) is 2.99.